The van der Waals surface area contributed by atoms with Crippen LogP contribution in [0, 0.1) is 6.92 Å². The molecule has 1 aromatic carbocycles. The molecule has 0 spiro atoms. The van der Waals surface area contributed by atoms with Crippen molar-refractivity contribution in [3.63, 3.8) is 0 Å². The predicted molar refractivity (Wildman–Crippen MR) is 104 cm³/mol. The summed E-state index contributed by atoms with van der Waals surface area (Å²) in [5.74, 6) is -0.538. The Hall–Kier alpha value is -2.54. The fourth-order valence-corrected chi connectivity index (χ4v) is 3.33. The van der Waals surface area contributed by atoms with Gasteiger partial charge < -0.3 is 13.9 Å². The lowest BCUT2D eigenvalue weighted by molar-refractivity contribution is -0.139. The van der Waals surface area contributed by atoms with E-state index in [4.69, 9.17) is 25.5 Å². The van der Waals surface area contributed by atoms with Crippen LogP contribution in [-0.2, 0) is 9.53 Å². The van der Waals surface area contributed by atoms with Crippen molar-refractivity contribution in [2.75, 3.05) is 6.54 Å². The van der Waals surface area contributed by atoms with E-state index in [1.165, 1.54) is 17.0 Å². The molecule has 1 aromatic heterocycles. The number of carbonyl (C=O) groups is 2. The lowest BCUT2D eigenvalue weighted by Crippen LogP contribution is -2.44. The summed E-state index contributed by atoms with van der Waals surface area (Å²) >= 11 is 6.25. The number of halogens is 1. The lowest BCUT2D eigenvalue weighted by atomic mass is 10.1. The Bertz CT molecular complexity index is 991. The lowest BCUT2D eigenvalue weighted by Gasteiger charge is -2.27. The Morgan fingerprint density at radius 2 is 1.96 bits per heavy atom. The summed E-state index contributed by atoms with van der Waals surface area (Å²) in [4.78, 5) is 38.0. The number of ether oxygens (including phenoxy) is 2. The van der Waals surface area contributed by atoms with E-state index in [0.29, 0.717) is 30.3 Å². The molecular formula is C20H22ClNO6. The molecule has 2 heterocycles. The maximum atomic E-state index is 12.7. The molecule has 1 fully saturated rings. The van der Waals surface area contributed by atoms with Crippen LogP contribution in [0.15, 0.2) is 27.4 Å². The number of carbonyl (C=O) groups excluding carboxylic acids is 2. The van der Waals surface area contributed by atoms with Crippen LogP contribution < -0.4 is 10.4 Å². The van der Waals surface area contributed by atoms with Gasteiger partial charge in [-0.25, -0.2) is 14.4 Å². The van der Waals surface area contributed by atoms with Gasteiger partial charge >= 0.3 is 17.7 Å². The van der Waals surface area contributed by atoms with Crippen molar-refractivity contribution >= 4 is 34.6 Å². The molecule has 2 aromatic rings. The summed E-state index contributed by atoms with van der Waals surface area (Å²) in [6.07, 6.45) is 0.578. The van der Waals surface area contributed by atoms with Crippen molar-refractivity contribution in [3.05, 3.63) is 39.2 Å². The third kappa shape index (κ3) is 4.30. The highest BCUT2D eigenvalue weighted by molar-refractivity contribution is 6.33. The molecule has 7 nitrogen and oxygen atoms in total. The van der Waals surface area contributed by atoms with Gasteiger partial charge in [0.25, 0.3) is 0 Å². The standard InChI is InChI=1S/C20H22ClNO6/c1-11-8-17(23)26-15-10-16(13(21)9-12(11)15)27-18(24)14-6-5-7-22(14)19(25)28-20(2,3)4/h8-10,14H,5-7H2,1-4H3. The van der Waals surface area contributed by atoms with Gasteiger partial charge in [0.15, 0.2) is 5.75 Å². The predicted octanol–water partition coefficient (Wildman–Crippen LogP) is 4.06. The van der Waals surface area contributed by atoms with E-state index in [1.807, 2.05) is 0 Å². The van der Waals surface area contributed by atoms with Gasteiger partial charge in [0.05, 0.1) is 5.02 Å². The second-order valence-corrected chi connectivity index (χ2v) is 8.19. The van der Waals surface area contributed by atoms with Gasteiger partial charge in [-0.3, -0.25) is 4.90 Å². The second-order valence-electron chi connectivity index (χ2n) is 7.78. The quantitative estimate of drug-likeness (QED) is 0.424. The average molecular weight is 408 g/mol. The van der Waals surface area contributed by atoms with Gasteiger partial charge in [0, 0.05) is 24.1 Å². The highest BCUT2D eigenvalue weighted by Gasteiger charge is 2.38. The van der Waals surface area contributed by atoms with Crippen LogP contribution in [0.2, 0.25) is 5.02 Å². The molecule has 0 saturated carbocycles. The van der Waals surface area contributed by atoms with Crippen molar-refractivity contribution in [2.45, 2.75) is 52.2 Å². The number of amides is 1. The zero-order valence-corrected chi connectivity index (χ0v) is 17.0. The molecule has 1 aliphatic heterocycles. The highest BCUT2D eigenvalue weighted by atomic mass is 35.5. The number of nitrogens with zero attached hydrogens (tertiary/aromatic N) is 1. The van der Waals surface area contributed by atoms with Crippen LogP contribution in [0.5, 0.6) is 5.75 Å². The molecule has 1 atom stereocenters. The third-order valence-electron chi connectivity index (χ3n) is 4.37. The maximum Gasteiger partial charge on any atom is 0.411 e. The van der Waals surface area contributed by atoms with E-state index in [0.717, 1.165) is 0 Å². The average Bonchev–Trinajstić information content (AvgIpc) is 3.04. The summed E-state index contributed by atoms with van der Waals surface area (Å²) in [7, 11) is 0. The molecule has 0 bridgehead atoms. The Labute approximate surface area is 167 Å². The van der Waals surface area contributed by atoms with Crippen LogP contribution in [0.3, 0.4) is 0 Å². The molecule has 1 aliphatic rings. The fourth-order valence-electron chi connectivity index (χ4n) is 3.13. The van der Waals surface area contributed by atoms with Gasteiger partial charge in [0.1, 0.15) is 17.2 Å². The normalized spacial score (nSPS) is 17.0. The number of benzene rings is 1. The van der Waals surface area contributed by atoms with Crippen LogP contribution in [-0.4, -0.2) is 35.2 Å². The Morgan fingerprint density at radius 3 is 2.64 bits per heavy atom. The van der Waals surface area contributed by atoms with E-state index < -0.39 is 29.3 Å². The first-order chi connectivity index (χ1) is 13.0. The minimum Gasteiger partial charge on any atom is -0.444 e. The minimum absolute atomic E-state index is 0.0731. The van der Waals surface area contributed by atoms with E-state index in [2.05, 4.69) is 0 Å². The van der Waals surface area contributed by atoms with Crippen molar-refractivity contribution in [1.82, 2.24) is 4.90 Å². The number of esters is 1. The molecule has 1 unspecified atom stereocenters. The summed E-state index contributed by atoms with van der Waals surface area (Å²) in [6.45, 7) is 7.46. The number of hydrogen-bond donors (Lipinski definition) is 0. The third-order valence-corrected chi connectivity index (χ3v) is 4.66. The largest absolute Gasteiger partial charge is 0.444 e. The van der Waals surface area contributed by atoms with Gasteiger partial charge in [-0.1, -0.05) is 11.6 Å². The Balaban J connectivity index is 1.83. The van der Waals surface area contributed by atoms with Gasteiger partial charge in [-0.05, 0) is 52.2 Å². The first-order valence-electron chi connectivity index (χ1n) is 9.00. The van der Waals surface area contributed by atoms with E-state index in [9.17, 15) is 14.4 Å². The smallest absolute Gasteiger partial charge is 0.411 e. The minimum atomic E-state index is -0.758. The molecule has 0 N–H and O–H groups in total. The SMILES string of the molecule is Cc1cc(=O)oc2cc(OC(=O)C3CCCN3C(=O)OC(C)(C)C)c(Cl)cc12. The summed E-state index contributed by atoms with van der Waals surface area (Å²) in [5.41, 5.74) is -0.187. The zero-order valence-electron chi connectivity index (χ0n) is 16.2. The van der Waals surface area contributed by atoms with Crippen LogP contribution in [0.1, 0.15) is 39.2 Å². The van der Waals surface area contributed by atoms with E-state index >= 15 is 0 Å². The Kier molecular flexibility index (Phi) is 5.39. The molecule has 0 aliphatic carbocycles. The van der Waals surface area contributed by atoms with Crippen LogP contribution >= 0.6 is 11.6 Å². The molecule has 1 saturated heterocycles. The first-order valence-corrected chi connectivity index (χ1v) is 9.38. The maximum absolute atomic E-state index is 12.7. The first kappa shape index (κ1) is 20.2. The number of likely N-dealkylation sites (tertiary alicyclic amines) is 1. The number of hydrogen-bond acceptors (Lipinski definition) is 6. The number of rotatable bonds is 2. The highest BCUT2D eigenvalue weighted by Crippen LogP contribution is 2.32. The number of fused-ring (bicyclic) bond motifs is 1. The van der Waals surface area contributed by atoms with Gasteiger partial charge in [-0.2, -0.15) is 0 Å². The molecule has 28 heavy (non-hydrogen) atoms. The molecule has 0 radical (unpaired) electrons. The fraction of sp³-hybridized carbons (Fsp3) is 0.450. The van der Waals surface area contributed by atoms with Gasteiger partial charge in [-0.15, -0.1) is 0 Å². The van der Waals surface area contributed by atoms with Gasteiger partial charge in [0.2, 0.25) is 0 Å². The van der Waals surface area contributed by atoms with Crippen LogP contribution in [0.25, 0.3) is 11.0 Å². The zero-order chi connectivity index (χ0) is 20.6. The number of aryl methyl sites for hydroxylation is 1. The van der Waals surface area contributed by atoms with Crippen molar-refractivity contribution in [3.8, 4) is 5.75 Å². The summed E-state index contributed by atoms with van der Waals surface area (Å²) < 4.78 is 16.0. The Morgan fingerprint density at radius 1 is 1.25 bits per heavy atom. The van der Waals surface area contributed by atoms with Crippen molar-refractivity contribution < 1.29 is 23.5 Å². The van der Waals surface area contributed by atoms with Crippen molar-refractivity contribution in [1.29, 1.82) is 0 Å². The topological polar surface area (TPSA) is 86.0 Å². The van der Waals surface area contributed by atoms with E-state index in [1.54, 1.807) is 33.8 Å². The monoisotopic (exact) mass is 407 g/mol. The molecule has 3 rings (SSSR count). The molecule has 1 amide bonds. The molecular weight excluding hydrogens is 386 g/mol. The second kappa shape index (κ2) is 7.47. The molecule has 150 valence electrons. The summed E-state index contributed by atoms with van der Waals surface area (Å²) in [6, 6.07) is 3.60. The molecule has 8 heteroatoms. The summed E-state index contributed by atoms with van der Waals surface area (Å²) in [5, 5.41) is 0.861. The van der Waals surface area contributed by atoms with E-state index in [-0.39, 0.29) is 16.4 Å². The van der Waals surface area contributed by atoms with Crippen LogP contribution in [0.4, 0.5) is 4.79 Å². The van der Waals surface area contributed by atoms with Crippen molar-refractivity contribution in [2.24, 2.45) is 0 Å².